The number of aromatic nitrogens is 2. The third kappa shape index (κ3) is 2.13. The van der Waals surface area contributed by atoms with Crippen LogP contribution in [0.25, 0.3) is 0 Å². The first-order valence-electron chi connectivity index (χ1n) is 4.59. The van der Waals surface area contributed by atoms with E-state index in [0.29, 0.717) is 0 Å². The van der Waals surface area contributed by atoms with E-state index in [1.54, 1.807) is 12.3 Å². The lowest BCUT2D eigenvalue weighted by atomic mass is 10.1. The number of rotatable bonds is 1. The van der Waals surface area contributed by atoms with Gasteiger partial charge >= 0.3 is 0 Å². The second-order valence-electron chi connectivity index (χ2n) is 4.53. The number of hydrogen-bond donors (Lipinski definition) is 0. The Bertz CT molecular complexity index is 374. The molecule has 0 bridgehead atoms. The van der Waals surface area contributed by atoms with Crippen molar-refractivity contribution in [3.8, 4) is 0 Å². The molecular weight excluding hydrogens is 178 g/mol. The van der Waals surface area contributed by atoms with Crippen molar-refractivity contribution in [1.82, 2.24) is 9.78 Å². The maximum absolute atomic E-state index is 11.7. The van der Waals surface area contributed by atoms with Crippen LogP contribution in [0.15, 0.2) is 17.1 Å². The molecule has 0 spiro atoms. The molecule has 1 rings (SSSR count). The Balaban J connectivity index is 3.22. The molecule has 0 amide bonds. The van der Waals surface area contributed by atoms with E-state index >= 15 is 0 Å². The van der Waals surface area contributed by atoms with Crippen molar-refractivity contribution in [1.29, 1.82) is 0 Å². The third-order valence-corrected chi connectivity index (χ3v) is 1.94. The molecule has 1 aromatic rings. The van der Waals surface area contributed by atoms with E-state index in [4.69, 9.17) is 0 Å². The molecule has 1 aromatic heterocycles. The fourth-order valence-electron chi connectivity index (χ4n) is 1.15. The quantitative estimate of drug-likeness (QED) is 0.672. The Morgan fingerprint density at radius 2 is 1.93 bits per heavy atom. The topological polar surface area (TPSA) is 38.1 Å². The lowest BCUT2D eigenvalue weighted by molar-refractivity contribution is 0.338. The van der Waals surface area contributed by atoms with Gasteiger partial charge in [-0.3, -0.25) is 4.79 Å². The number of hydrogen-bond acceptors (Lipinski definition) is 3. The van der Waals surface area contributed by atoms with E-state index in [2.05, 4.69) is 5.10 Å². The van der Waals surface area contributed by atoms with Crippen LogP contribution in [0.5, 0.6) is 0 Å². The summed E-state index contributed by atoms with van der Waals surface area (Å²) in [4.78, 5) is 13.5. The van der Waals surface area contributed by atoms with Gasteiger partial charge in [-0.1, -0.05) is 0 Å². The Morgan fingerprint density at radius 3 is 2.29 bits per heavy atom. The van der Waals surface area contributed by atoms with Crippen molar-refractivity contribution in [2.75, 3.05) is 19.0 Å². The molecule has 0 atom stereocenters. The van der Waals surface area contributed by atoms with Gasteiger partial charge in [0.25, 0.3) is 5.56 Å². The fourth-order valence-corrected chi connectivity index (χ4v) is 1.15. The lowest BCUT2D eigenvalue weighted by Gasteiger charge is -2.21. The van der Waals surface area contributed by atoms with Gasteiger partial charge in [-0.15, -0.1) is 0 Å². The molecule has 4 heteroatoms. The summed E-state index contributed by atoms with van der Waals surface area (Å²) >= 11 is 0. The first kappa shape index (κ1) is 10.8. The molecule has 0 aromatic carbocycles. The lowest BCUT2D eigenvalue weighted by Crippen LogP contribution is -2.35. The van der Waals surface area contributed by atoms with Gasteiger partial charge in [0.2, 0.25) is 0 Å². The summed E-state index contributed by atoms with van der Waals surface area (Å²) < 4.78 is 1.49. The fraction of sp³-hybridized carbons (Fsp3) is 0.600. The minimum atomic E-state index is -0.262. The van der Waals surface area contributed by atoms with Crippen LogP contribution in [0.2, 0.25) is 0 Å². The summed E-state index contributed by atoms with van der Waals surface area (Å²) in [7, 11) is 3.77. The average Bonchev–Trinajstić information content (AvgIpc) is 2.01. The molecule has 0 N–H and O–H groups in total. The number of nitrogens with zero attached hydrogens (tertiary/aromatic N) is 3. The zero-order valence-electron chi connectivity index (χ0n) is 9.40. The van der Waals surface area contributed by atoms with Crippen LogP contribution in [-0.2, 0) is 5.54 Å². The SMILES string of the molecule is CN(C)c1cnn(C(C)(C)C)c(=O)c1. The highest BCUT2D eigenvalue weighted by molar-refractivity contribution is 5.40. The van der Waals surface area contributed by atoms with Crippen LogP contribution in [-0.4, -0.2) is 23.9 Å². The van der Waals surface area contributed by atoms with Crippen LogP contribution in [0.4, 0.5) is 5.69 Å². The predicted molar refractivity (Wildman–Crippen MR) is 57.8 cm³/mol. The Labute approximate surface area is 84.2 Å². The molecular formula is C10H17N3O. The zero-order chi connectivity index (χ0) is 10.9. The van der Waals surface area contributed by atoms with Crippen LogP contribution in [0.1, 0.15) is 20.8 Å². The van der Waals surface area contributed by atoms with Crippen LogP contribution in [0.3, 0.4) is 0 Å². The summed E-state index contributed by atoms with van der Waals surface area (Å²) in [5.74, 6) is 0. The van der Waals surface area contributed by atoms with E-state index in [1.807, 2.05) is 39.8 Å². The van der Waals surface area contributed by atoms with E-state index in [9.17, 15) is 4.79 Å². The average molecular weight is 195 g/mol. The highest BCUT2D eigenvalue weighted by Crippen LogP contribution is 2.10. The van der Waals surface area contributed by atoms with Crippen molar-refractivity contribution < 1.29 is 0 Å². The van der Waals surface area contributed by atoms with Crippen LogP contribution >= 0.6 is 0 Å². The van der Waals surface area contributed by atoms with Crippen molar-refractivity contribution in [3.05, 3.63) is 22.6 Å². The van der Waals surface area contributed by atoms with Crippen molar-refractivity contribution >= 4 is 5.69 Å². The molecule has 1 heterocycles. The Kier molecular flexibility index (Phi) is 2.64. The van der Waals surface area contributed by atoms with Gasteiger partial charge in [0.05, 0.1) is 17.4 Å². The van der Waals surface area contributed by atoms with Gasteiger partial charge in [0, 0.05) is 20.2 Å². The summed E-state index contributed by atoms with van der Waals surface area (Å²) in [5.41, 5.74) is 0.501. The van der Waals surface area contributed by atoms with Gasteiger partial charge in [-0.05, 0) is 20.8 Å². The Morgan fingerprint density at radius 1 is 1.36 bits per heavy atom. The molecule has 0 fully saturated rings. The maximum Gasteiger partial charge on any atom is 0.269 e. The van der Waals surface area contributed by atoms with E-state index in [-0.39, 0.29) is 11.1 Å². The maximum atomic E-state index is 11.7. The van der Waals surface area contributed by atoms with Crippen LogP contribution < -0.4 is 10.5 Å². The summed E-state index contributed by atoms with van der Waals surface area (Å²) in [6.07, 6.45) is 1.70. The smallest absolute Gasteiger partial charge is 0.269 e. The molecule has 0 aliphatic rings. The van der Waals surface area contributed by atoms with Gasteiger partial charge in [0.15, 0.2) is 0 Å². The Hall–Kier alpha value is -1.32. The molecule has 0 radical (unpaired) electrons. The number of anilines is 1. The minimum absolute atomic E-state index is 0.0660. The van der Waals surface area contributed by atoms with Gasteiger partial charge in [-0.25, -0.2) is 4.68 Å². The molecule has 14 heavy (non-hydrogen) atoms. The molecule has 4 nitrogen and oxygen atoms in total. The standard InChI is InChI=1S/C10H17N3O/c1-10(2,3)13-9(14)6-8(7-11-13)12(4)5/h6-7H,1-5H3. The van der Waals surface area contributed by atoms with Crippen molar-refractivity contribution in [3.63, 3.8) is 0 Å². The second-order valence-corrected chi connectivity index (χ2v) is 4.53. The normalized spacial score (nSPS) is 11.5. The molecule has 0 aliphatic carbocycles. The highest BCUT2D eigenvalue weighted by Gasteiger charge is 2.15. The van der Waals surface area contributed by atoms with Crippen LogP contribution in [0, 0.1) is 0 Å². The largest absolute Gasteiger partial charge is 0.376 e. The molecule has 0 unspecified atom stereocenters. The molecule has 78 valence electrons. The summed E-state index contributed by atoms with van der Waals surface area (Å²) in [6, 6.07) is 1.60. The van der Waals surface area contributed by atoms with Gasteiger partial charge in [0.1, 0.15) is 0 Å². The zero-order valence-corrected chi connectivity index (χ0v) is 9.40. The van der Waals surface area contributed by atoms with Crippen molar-refractivity contribution in [2.45, 2.75) is 26.3 Å². The summed E-state index contributed by atoms with van der Waals surface area (Å²) in [5, 5.41) is 4.13. The van der Waals surface area contributed by atoms with E-state index in [1.165, 1.54) is 4.68 Å². The first-order valence-corrected chi connectivity index (χ1v) is 4.59. The first-order chi connectivity index (χ1) is 6.32. The minimum Gasteiger partial charge on any atom is -0.376 e. The van der Waals surface area contributed by atoms with Gasteiger partial charge in [-0.2, -0.15) is 5.10 Å². The summed E-state index contributed by atoms with van der Waals surface area (Å²) in [6.45, 7) is 5.87. The van der Waals surface area contributed by atoms with E-state index < -0.39 is 0 Å². The third-order valence-electron chi connectivity index (χ3n) is 1.94. The van der Waals surface area contributed by atoms with Gasteiger partial charge < -0.3 is 4.90 Å². The molecule has 0 saturated heterocycles. The second kappa shape index (κ2) is 3.44. The van der Waals surface area contributed by atoms with E-state index in [0.717, 1.165) is 5.69 Å². The molecule has 0 saturated carbocycles. The van der Waals surface area contributed by atoms with Crippen molar-refractivity contribution in [2.24, 2.45) is 0 Å². The highest BCUT2D eigenvalue weighted by atomic mass is 16.1. The molecule has 0 aliphatic heterocycles. The predicted octanol–water partition coefficient (Wildman–Crippen LogP) is 1.06. The monoisotopic (exact) mass is 195 g/mol.